The number of rotatable bonds is 7. The summed E-state index contributed by atoms with van der Waals surface area (Å²) in [6.07, 6.45) is 1.76. The summed E-state index contributed by atoms with van der Waals surface area (Å²) in [6.45, 7) is 3.70. The molecule has 0 unspecified atom stereocenters. The number of carbonyl (C=O) groups excluding carboxylic acids is 3. The Kier molecular flexibility index (Phi) is 8.91. The van der Waals surface area contributed by atoms with Crippen LogP contribution in [0.1, 0.15) is 43.9 Å². The van der Waals surface area contributed by atoms with E-state index in [4.69, 9.17) is 10.1 Å². The summed E-state index contributed by atoms with van der Waals surface area (Å²) in [5.41, 5.74) is 5.11. The minimum Gasteiger partial charge on any atom is -0.388 e. The van der Waals surface area contributed by atoms with Gasteiger partial charge < -0.3 is 14.9 Å². The van der Waals surface area contributed by atoms with Gasteiger partial charge in [-0.05, 0) is 37.1 Å². The molecule has 1 aromatic heterocycles. The molecule has 0 aliphatic carbocycles. The topological polar surface area (TPSA) is 94.0 Å². The molecule has 3 heterocycles. The van der Waals surface area contributed by atoms with E-state index in [1.165, 1.54) is 0 Å². The van der Waals surface area contributed by atoms with Crippen LogP contribution in [0.3, 0.4) is 0 Å². The van der Waals surface area contributed by atoms with Crippen LogP contribution in [0, 0.1) is 0 Å². The van der Waals surface area contributed by atoms with Crippen LogP contribution in [-0.2, 0) is 0 Å². The lowest BCUT2D eigenvalue weighted by molar-refractivity contribution is 0.0412. The first-order chi connectivity index (χ1) is 21.5. The number of aromatic nitrogens is 1. The number of likely N-dealkylation sites (tertiary alicyclic amines) is 1. The van der Waals surface area contributed by atoms with Crippen molar-refractivity contribution >= 4 is 17.6 Å². The first kappa shape index (κ1) is 29.4. The van der Waals surface area contributed by atoms with Crippen molar-refractivity contribution in [1.82, 2.24) is 19.7 Å². The predicted octanol–water partition coefficient (Wildman–Crippen LogP) is 4.65. The molecule has 2 aliphatic heterocycles. The van der Waals surface area contributed by atoms with E-state index < -0.39 is 6.61 Å². The number of hydrogen-bond donors (Lipinski definition) is 1. The van der Waals surface area contributed by atoms with Crippen LogP contribution in [0.2, 0.25) is 0 Å². The van der Waals surface area contributed by atoms with Gasteiger partial charge in [-0.25, -0.2) is 4.98 Å². The number of piperazine rings is 1. The summed E-state index contributed by atoms with van der Waals surface area (Å²) in [4.78, 5) is 49.7. The molecule has 0 spiro atoms. The van der Waals surface area contributed by atoms with Gasteiger partial charge in [-0.15, -0.1) is 0 Å². The zero-order chi connectivity index (χ0) is 30.5. The fraction of sp³-hybridized carbons (Fsp3) is 0.278. The van der Waals surface area contributed by atoms with Crippen LogP contribution in [0.15, 0.2) is 97.1 Å². The first-order valence-electron chi connectivity index (χ1n) is 15.2. The number of amides is 2. The Morgan fingerprint density at radius 3 is 1.61 bits per heavy atom. The summed E-state index contributed by atoms with van der Waals surface area (Å²) in [5, 5.41) is 9.04. The highest BCUT2D eigenvalue weighted by Gasteiger charge is 2.31. The van der Waals surface area contributed by atoms with Crippen molar-refractivity contribution < 1.29 is 19.5 Å². The van der Waals surface area contributed by atoms with Gasteiger partial charge in [0.1, 0.15) is 6.61 Å². The van der Waals surface area contributed by atoms with Crippen molar-refractivity contribution in [1.29, 1.82) is 0 Å². The molecule has 0 radical (unpaired) electrons. The molecule has 0 saturated carbocycles. The Labute approximate surface area is 257 Å². The van der Waals surface area contributed by atoms with Gasteiger partial charge in [-0.3, -0.25) is 19.3 Å². The minimum absolute atomic E-state index is 0.0218. The van der Waals surface area contributed by atoms with Crippen LogP contribution in [0.25, 0.3) is 22.5 Å². The van der Waals surface area contributed by atoms with E-state index in [2.05, 4.69) is 4.90 Å². The standard InChI is InChI=1S/C36H36N4O4/c41-25-34(42)28-11-13-29(14-12-28)35(43)39-17-15-31(16-18-39)38-19-21-40(22-20-38)36(44)30-23-32(26-7-3-1-4-8-26)37-33(24-30)27-9-5-2-6-10-27/h1-14,23-24,31,41H,15-22,25H2. The number of piperidine rings is 1. The molecule has 224 valence electrons. The van der Waals surface area contributed by atoms with Gasteiger partial charge in [-0.2, -0.15) is 0 Å². The summed E-state index contributed by atoms with van der Waals surface area (Å²) < 4.78 is 0. The van der Waals surface area contributed by atoms with Crippen molar-refractivity contribution in [3.05, 3.63) is 114 Å². The average molecular weight is 589 g/mol. The second-order valence-corrected chi connectivity index (χ2v) is 11.4. The average Bonchev–Trinajstić information content (AvgIpc) is 3.11. The Hall–Kier alpha value is -4.66. The molecule has 1 N–H and O–H groups in total. The Balaban J connectivity index is 1.07. The van der Waals surface area contributed by atoms with Crippen LogP contribution < -0.4 is 0 Å². The highest BCUT2D eigenvalue weighted by Crippen LogP contribution is 2.26. The quantitative estimate of drug-likeness (QED) is 0.316. The molecule has 4 aromatic rings. The van der Waals surface area contributed by atoms with Gasteiger partial charge >= 0.3 is 0 Å². The van der Waals surface area contributed by atoms with Crippen LogP contribution in [0.4, 0.5) is 0 Å². The number of nitrogens with zero attached hydrogens (tertiary/aromatic N) is 4. The number of pyridine rings is 1. The van der Waals surface area contributed by atoms with E-state index in [1.54, 1.807) is 24.3 Å². The van der Waals surface area contributed by atoms with E-state index in [9.17, 15) is 14.4 Å². The lowest BCUT2D eigenvalue weighted by atomic mass is 10.0. The van der Waals surface area contributed by atoms with Crippen LogP contribution >= 0.6 is 0 Å². The van der Waals surface area contributed by atoms with Gasteiger partial charge in [0.2, 0.25) is 0 Å². The maximum absolute atomic E-state index is 13.8. The molecular weight excluding hydrogens is 552 g/mol. The fourth-order valence-electron chi connectivity index (χ4n) is 6.15. The molecular formula is C36H36N4O4. The van der Waals surface area contributed by atoms with Gasteiger partial charge in [0.25, 0.3) is 11.8 Å². The van der Waals surface area contributed by atoms with E-state index >= 15 is 0 Å². The van der Waals surface area contributed by atoms with Gasteiger partial charge in [-0.1, -0.05) is 72.8 Å². The van der Waals surface area contributed by atoms with Gasteiger partial charge in [0.15, 0.2) is 5.78 Å². The number of Topliss-reactive ketones (excluding diaryl/α,β-unsaturated/α-hetero) is 1. The number of ketones is 1. The molecule has 2 saturated heterocycles. The maximum Gasteiger partial charge on any atom is 0.254 e. The molecule has 3 aromatic carbocycles. The smallest absolute Gasteiger partial charge is 0.254 e. The summed E-state index contributed by atoms with van der Waals surface area (Å²) in [7, 11) is 0. The Morgan fingerprint density at radius 2 is 1.09 bits per heavy atom. The number of benzene rings is 3. The second kappa shape index (κ2) is 13.3. The van der Waals surface area contributed by atoms with Crippen molar-refractivity contribution in [3.8, 4) is 22.5 Å². The summed E-state index contributed by atoms with van der Waals surface area (Å²) in [6, 6.07) is 30.6. The number of aliphatic hydroxyl groups is 1. The third-order valence-electron chi connectivity index (χ3n) is 8.68. The molecule has 2 fully saturated rings. The predicted molar refractivity (Wildman–Crippen MR) is 169 cm³/mol. The van der Waals surface area contributed by atoms with Gasteiger partial charge in [0.05, 0.1) is 11.4 Å². The van der Waals surface area contributed by atoms with Crippen molar-refractivity contribution in [2.75, 3.05) is 45.9 Å². The van der Waals surface area contributed by atoms with Crippen LogP contribution in [0.5, 0.6) is 0 Å². The number of hydrogen-bond acceptors (Lipinski definition) is 6. The highest BCUT2D eigenvalue weighted by molar-refractivity contribution is 5.99. The van der Waals surface area contributed by atoms with E-state index in [0.717, 1.165) is 48.4 Å². The van der Waals surface area contributed by atoms with E-state index in [-0.39, 0.29) is 17.6 Å². The minimum atomic E-state index is -0.544. The zero-order valence-corrected chi connectivity index (χ0v) is 24.6. The zero-order valence-electron chi connectivity index (χ0n) is 24.6. The molecule has 8 nitrogen and oxygen atoms in total. The van der Waals surface area contributed by atoms with Crippen molar-refractivity contribution in [3.63, 3.8) is 0 Å². The molecule has 8 heteroatoms. The molecule has 2 amide bonds. The van der Waals surface area contributed by atoms with Gasteiger partial charge in [0, 0.05) is 73.1 Å². The monoisotopic (exact) mass is 588 g/mol. The lowest BCUT2D eigenvalue weighted by Gasteiger charge is -2.42. The second-order valence-electron chi connectivity index (χ2n) is 11.4. The molecule has 0 bridgehead atoms. The SMILES string of the molecule is O=C(CO)c1ccc(C(=O)N2CCC(N3CCN(C(=O)c4cc(-c5ccccc5)nc(-c5ccccc5)c4)CC3)CC2)cc1. The summed E-state index contributed by atoms with van der Waals surface area (Å²) in [5.74, 6) is -0.376. The van der Waals surface area contributed by atoms with Crippen molar-refractivity contribution in [2.45, 2.75) is 18.9 Å². The van der Waals surface area contributed by atoms with Crippen LogP contribution in [-0.4, -0.2) is 94.3 Å². The Morgan fingerprint density at radius 1 is 0.614 bits per heavy atom. The summed E-state index contributed by atoms with van der Waals surface area (Å²) >= 11 is 0. The molecule has 44 heavy (non-hydrogen) atoms. The molecule has 6 rings (SSSR count). The molecule has 2 aliphatic rings. The normalized spacial score (nSPS) is 16.1. The molecule has 0 atom stereocenters. The highest BCUT2D eigenvalue weighted by atomic mass is 16.3. The lowest BCUT2D eigenvalue weighted by Crippen LogP contribution is -2.54. The number of aliphatic hydroxyl groups excluding tert-OH is 1. The van der Waals surface area contributed by atoms with Crippen molar-refractivity contribution in [2.24, 2.45) is 0 Å². The third kappa shape index (κ3) is 6.46. The van der Waals surface area contributed by atoms with E-state index in [0.29, 0.717) is 48.9 Å². The maximum atomic E-state index is 13.8. The Bertz CT molecular complexity index is 1550. The largest absolute Gasteiger partial charge is 0.388 e. The first-order valence-corrected chi connectivity index (χ1v) is 15.2. The third-order valence-corrected chi connectivity index (χ3v) is 8.68. The van der Waals surface area contributed by atoms with E-state index in [1.807, 2.05) is 82.6 Å². The number of carbonyl (C=O) groups is 3. The fourth-order valence-corrected chi connectivity index (χ4v) is 6.15.